The van der Waals surface area contributed by atoms with E-state index in [1.807, 2.05) is 0 Å². The summed E-state index contributed by atoms with van der Waals surface area (Å²) >= 11 is 0. The third kappa shape index (κ3) is 14.7. The predicted molar refractivity (Wildman–Crippen MR) is 131 cm³/mol. The lowest BCUT2D eigenvalue weighted by molar-refractivity contribution is -0.156. The molecule has 0 aromatic rings. The highest BCUT2D eigenvalue weighted by Crippen LogP contribution is 2.11. The highest BCUT2D eigenvalue weighted by atomic mass is 16.6. The number of aliphatic carboxylic acids is 1. The first kappa shape index (κ1) is 32.2. The Kier molecular flexibility index (Phi) is 13.7. The van der Waals surface area contributed by atoms with Gasteiger partial charge in [0, 0.05) is 25.1 Å². The van der Waals surface area contributed by atoms with Gasteiger partial charge in [-0.25, -0.2) is 0 Å². The Bertz CT molecular complexity index is 908. The second kappa shape index (κ2) is 16.1. The molecule has 0 saturated carbocycles. The Morgan fingerprint density at radius 3 is 2.16 bits per heavy atom. The third-order valence-electron chi connectivity index (χ3n) is 4.82. The van der Waals surface area contributed by atoms with Crippen LogP contribution in [0.25, 0.3) is 0 Å². The number of carbonyl (C=O) groups excluding carboxylic acids is 6. The third-order valence-corrected chi connectivity index (χ3v) is 4.82. The summed E-state index contributed by atoms with van der Waals surface area (Å²) in [4.78, 5) is 82.6. The van der Waals surface area contributed by atoms with E-state index in [1.54, 1.807) is 20.8 Å². The molecule has 0 aromatic heterocycles. The van der Waals surface area contributed by atoms with Crippen LogP contribution in [0, 0.1) is 0 Å². The smallest absolute Gasteiger partial charge is 0.322 e. The average Bonchev–Trinajstić information content (AvgIpc) is 3.11. The molecule has 1 heterocycles. The van der Waals surface area contributed by atoms with E-state index in [-0.39, 0.29) is 43.7 Å². The quantitative estimate of drug-likeness (QED) is 0.101. The summed E-state index contributed by atoms with van der Waals surface area (Å²) in [5.74, 6) is -4.19. The van der Waals surface area contributed by atoms with Crippen LogP contribution >= 0.6 is 0 Å². The summed E-state index contributed by atoms with van der Waals surface area (Å²) in [7, 11) is 0. The molecular formula is C24H36N4O10. The summed E-state index contributed by atoms with van der Waals surface area (Å²) in [6.45, 7) is 3.70. The number of carbonyl (C=O) groups is 7. The second-order valence-corrected chi connectivity index (χ2v) is 9.49. The fourth-order valence-corrected chi connectivity index (χ4v) is 3.18. The number of ether oxygens (including phenoxy) is 2. The van der Waals surface area contributed by atoms with E-state index in [1.165, 1.54) is 12.2 Å². The van der Waals surface area contributed by atoms with Crippen LogP contribution in [0.2, 0.25) is 0 Å². The number of unbranched alkanes of at least 4 members (excludes halogenated alkanes) is 2. The Labute approximate surface area is 220 Å². The first-order valence-corrected chi connectivity index (χ1v) is 12.1. The van der Waals surface area contributed by atoms with Crippen LogP contribution in [-0.2, 0) is 43.0 Å². The van der Waals surface area contributed by atoms with Gasteiger partial charge in [-0.05, 0) is 33.6 Å². The standard InChI is InChI=1S/C24H36N4O10/c1-24(2,3)38-23(36)11-16(14-37-15-19(31)25-12-18(30)26-13-22(34)35)27-17(29)7-5-4-6-10-28-20(32)8-9-21(28)33/h8-9,16H,4-7,10-15H2,1-3H3,(H,25,31)(H,26,30)(H,27,29)(H,34,35). The molecule has 0 radical (unpaired) electrons. The van der Waals surface area contributed by atoms with E-state index < -0.39 is 55.1 Å². The van der Waals surface area contributed by atoms with Crippen molar-refractivity contribution in [3.05, 3.63) is 12.2 Å². The van der Waals surface area contributed by atoms with E-state index in [4.69, 9.17) is 14.6 Å². The van der Waals surface area contributed by atoms with Crippen LogP contribution < -0.4 is 16.0 Å². The number of nitrogens with one attached hydrogen (secondary N) is 3. The van der Waals surface area contributed by atoms with E-state index in [2.05, 4.69) is 16.0 Å². The maximum atomic E-state index is 12.4. The van der Waals surface area contributed by atoms with Crippen molar-refractivity contribution in [3.63, 3.8) is 0 Å². The molecule has 0 saturated heterocycles. The maximum absolute atomic E-state index is 12.4. The molecule has 1 rings (SSSR count). The number of amides is 5. The summed E-state index contributed by atoms with van der Waals surface area (Å²) in [6.07, 6.45) is 3.99. The van der Waals surface area contributed by atoms with Crippen molar-refractivity contribution in [2.45, 2.75) is 64.5 Å². The molecule has 0 fully saturated rings. The molecule has 0 aliphatic carbocycles. The summed E-state index contributed by atoms with van der Waals surface area (Å²) in [5.41, 5.74) is -0.735. The van der Waals surface area contributed by atoms with Gasteiger partial charge >= 0.3 is 11.9 Å². The van der Waals surface area contributed by atoms with Crippen LogP contribution in [0.3, 0.4) is 0 Å². The van der Waals surface area contributed by atoms with Crippen LogP contribution in [0.5, 0.6) is 0 Å². The molecule has 14 heteroatoms. The van der Waals surface area contributed by atoms with Gasteiger partial charge in [0.1, 0.15) is 18.8 Å². The monoisotopic (exact) mass is 540 g/mol. The van der Waals surface area contributed by atoms with Gasteiger partial charge in [0.25, 0.3) is 11.8 Å². The summed E-state index contributed by atoms with van der Waals surface area (Å²) < 4.78 is 10.6. The second-order valence-electron chi connectivity index (χ2n) is 9.49. The molecule has 14 nitrogen and oxygen atoms in total. The Hall–Kier alpha value is -3.81. The lowest BCUT2D eigenvalue weighted by Crippen LogP contribution is -2.43. The van der Waals surface area contributed by atoms with Crippen molar-refractivity contribution in [2.75, 3.05) is 32.8 Å². The topological polar surface area (TPSA) is 198 Å². The van der Waals surface area contributed by atoms with Gasteiger partial charge < -0.3 is 30.5 Å². The van der Waals surface area contributed by atoms with Crippen molar-refractivity contribution in [1.29, 1.82) is 0 Å². The van der Waals surface area contributed by atoms with Gasteiger partial charge in [-0.1, -0.05) is 6.42 Å². The maximum Gasteiger partial charge on any atom is 0.322 e. The van der Waals surface area contributed by atoms with Gasteiger partial charge in [0.15, 0.2) is 0 Å². The summed E-state index contributed by atoms with van der Waals surface area (Å²) in [5, 5.41) is 15.5. The fourth-order valence-electron chi connectivity index (χ4n) is 3.18. The lowest BCUT2D eigenvalue weighted by Gasteiger charge is -2.23. The van der Waals surface area contributed by atoms with Crippen molar-refractivity contribution in [2.24, 2.45) is 0 Å². The minimum Gasteiger partial charge on any atom is -0.480 e. The van der Waals surface area contributed by atoms with E-state index >= 15 is 0 Å². The zero-order chi connectivity index (χ0) is 28.7. The molecule has 5 amide bonds. The summed E-state index contributed by atoms with van der Waals surface area (Å²) in [6, 6.07) is -0.782. The highest BCUT2D eigenvalue weighted by Gasteiger charge is 2.24. The number of carboxylic acids is 1. The molecule has 1 aliphatic heterocycles. The van der Waals surface area contributed by atoms with E-state index in [0.717, 1.165) is 4.90 Å². The Balaban J connectivity index is 2.44. The fraction of sp³-hybridized carbons (Fsp3) is 0.625. The van der Waals surface area contributed by atoms with Crippen LogP contribution in [0.4, 0.5) is 0 Å². The average molecular weight is 541 g/mol. The highest BCUT2D eigenvalue weighted by molar-refractivity contribution is 6.12. The first-order valence-electron chi connectivity index (χ1n) is 12.1. The largest absolute Gasteiger partial charge is 0.480 e. The minimum absolute atomic E-state index is 0.136. The lowest BCUT2D eigenvalue weighted by atomic mass is 10.1. The first-order chi connectivity index (χ1) is 17.8. The number of hydrogen-bond donors (Lipinski definition) is 4. The van der Waals surface area contributed by atoms with Crippen molar-refractivity contribution < 1.29 is 48.1 Å². The van der Waals surface area contributed by atoms with Crippen molar-refractivity contribution in [1.82, 2.24) is 20.9 Å². The van der Waals surface area contributed by atoms with Gasteiger partial charge in [-0.2, -0.15) is 0 Å². The molecule has 1 unspecified atom stereocenters. The molecule has 4 N–H and O–H groups in total. The van der Waals surface area contributed by atoms with E-state index in [9.17, 15) is 33.6 Å². The molecule has 0 spiro atoms. The van der Waals surface area contributed by atoms with Gasteiger partial charge in [0.2, 0.25) is 17.7 Å². The zero-order valence-electron chi connectivity index (χ0n) is 21.9. The van der Waals surface area contributed by atoms with Gasteiger partial charge in [-0.15, -0.1) is 0 Å². The van der Waals surface area contributed by atoms with Gasteiger partial charge in [0.05, 0.1) is 25.6 Å². The molecule has 0 aromatic carbocycles. The number of carboxylic acid groups (broad SMARTS) is 1. The van der Waals surface area contributed by atoms with Crippen LogP contribution in [0.15, 0.2) is 12.2 Å². The number of nitrogens with zero attached hydrogens (tertiary/aromatic N) is 1. The SMILES string of the molecule is CC(C)(C)OC(=O)CC(COCC(=O)NCC(=O)NCC(=O)O)NC(=O)CCCCCN1C(=O)C=CC1=O. The van der Waals surface area contributed by atoms with Crippen LogP contribution in [-0.4, -0.2) is 96.0 Å². The van der Waals surface area contributed by atoms with E-state index in [0.29, 0.717) is 19.3 Å². The van der Waals surface area contributed by atoms with Crippen molar-refractivity contribution >= 4 is 41.5 Å². The molecule has 38 heavy (non-hydrogen) atoms. The number of imide groups is 1. The predicted octanol–water partition coefficient (Wildman–Crippen LogP) is -0.978. The van der Waals surface area contributed by atoms with Crippen LogP contribution in [0.1, 0.15) is 52.9 Å². The molecule has 1 aliphatic rings. The Morgan fingerprint density at radius 2 is 1.55 bits per heavy atom. The normalized spacial score (nSPS) is 13.7. The number of esters is 1. The number of rotatable bonds is 17. The molecule has 212 valence electrons. The molecule has 1 atom stereocenters. The van der Waals surface area contributed by atoms with Gasteiger partial charge in [-0.3, -0.25) is 38.5 Å². The molecular weight excluding hydrogens is 504 g/mol. The van der Waals surface area contributed by atoms with Crippen molar-refractivity contribution in [3.8, 4) is 0 Å². The zero-order valence-corrected chi connectivity index (χ0v) is 21.9. The number of hydrogen-bond acceptors (Lipinski definition) is 9. The molecule has 0 bridgehead atoms. The minimum atomic E-state index is -1.22. The Morgan fingerprint density at radius 1 is 0.921 bits per heavy atom.